The van der Waals surface area contributed by atoms with Crippen LogP contribution in [0.1, 0.15) is 31.7 Å². The van der Waals surface area contributed by atoms with Crippen LogP contribution >= 0.6 is 0 Å². The van der Waals surface area contributed by atoms with Gasteiger partial charge in [-0.3, -0.25) is 4.79 Å². The highest BCUT2D eigenvalue weighted by Gasteiger charge is 2.19. The largest absolute Gasteiger partial charge is 0.361 e. The molecule has 1 aliphatic rings. The van der Waals surface area contributed by atoms with Crippen molar-refractivity contribution in [1.82, 2.24) is 15.6 Å². The molecule has 0 radical (unpaired) electrons. The van der Waals surface area contributed by atoms with Gasteiger partial charge in [-0.2, -0.15) is 0 Å². The molecular weight excluding hydrogens is 262 g/mol. The fraction of sp³-hybridized carbons (Fsp3) is 0.471. The summed E-state index contributed by atoms with van der Waals surface area (Å²) in [4.78, 5) is 15.4. The van der Waals surface area contributed by atoms with E-state index in [0.717, 1.165) is 31.3 Å². The summed E-state index contributed by atoms with van der Waals surface area (Å²) in [7, 11) is 0. The van der Waals surface area contributed by atoms with Crippen molar-refractivity contribution in [1.29, 1.82) is 0 Å². The second-order valence-corrected chi connectivity index (χ2v) is 6.00. The number of benzene rings is 1. The van der Waals surface area contributed by atoms with E-state index in [4.69, 9.17) is 0 Å². The number of amides is 1. The van der Waals surface area contributed by atoms with E-state index in [1.54, 1.807) is 0 Å². The lowest BCUT2D eigenvalue weighted by atomic mass is 10.0. The number of carbonyl (C=O) groups excluding carboxylic acids is 1. The van der Waals surface area contributed by atoms with E-state index in [-0.39, 0.29) is 5.91 Å². The van der Waals surface area contributed by atoms with Crippen LogP contribution in [0.25, 0.3) is 10.9 Å². The Labute approximate surface area is 125 Å². The second-order valence-electron chi connectivity index (χ2n) is 6.00. The molecule has 0 bridgehead atoms. The van der Waals surface area contributed by atoms with Crippen LogP contribution in [-0.2, 0) is 11.2 Å². The second kappa shape index (κ2) is 6.31. The van der Waals surface area contributed by atoms with Gasteiger partial charge in [-0.1, -0.05) is 18.2 Å². The fourth-order valence-electron chi connectivity index (χ4n) is 3.15. The predicted molar refractivity (Wildman–Crippen MR) is 85.2 cm³/mol. The van der Waals surface area contributed by atoms with Gasteiger partial charge >= 0.3 is 0 Å². The van der Waals surface area contributed by atoms with Crippen molar-refractivity contribution in [2.24, 2.45) is 0 Å². The molecule has 2 atom stereocenters. The molecule has 1 fully saturated rings. The first-order valence-corrected chi connectivity index (χ1v) is 7.80. The smallest absolute Gasteiger partial charge is 0.220 e. The van der Waals surface area contributed by atoms with Crippen LogP contribution in [0.4, 0.5) is 0 Å². The number of para-hydroxylation sites is 1. The zero-order valence-electron chi connectivity index (χ0n) is 12.5. The number of aromatic nitrogens is 1. The van der Waals surface area contributed by atoms with Gasteiger partial charge in [-0.05, 0) is 44.4 Å². The molecular formula is C17H23N3O. The number of hydrogen-bond donors (Lipinski definition) is 3. The normalized spacial score (nSPS) is 22.3. The van der Waals surface area contributed by atoms with Gasteiger partial charge in [0.1, 0.15) is 0 Å². The van der Waals surface area contributed by atoms with Crippen LogP contribution in [0, 0.1) is 0 Å². The summed E-state index contributed by atoms with van der Waals surface area (Å²) in [6.07, 6.45) is 5.42. The maximum Gasteiger partial charge on any atom is 0.220 e. The molecule has 4 heteroatoms. The number of nitrogens with one attached hydrogen (secondary N) is 3. The Morgan fingerprint density at radius 3 is 3.10 bits per heavy atom. The molecule has 2 heterocycles. The number of aromatic amines is 1. The third-order valence-electron chi connectivity index (χ3n) is 4.29. The minimum atomic E-state index is 0.166. The molecule has 1 aliphatic heterocycles. The first kappa shape index (κ1) is 14.1. The third kappa shape index (κ3) is 3.45. The lowest BCUT2D eigenvalue weighted by Gasteiger charge is -2.28. The number of hydrogen-bond acceptors (Lipinski definition) is 2. The van der Waals surface area contributed by atoms with Crippen LogP contribution < -0.4 is 10.6 Å². The van der Waals surface area contributed by atoms with Crippen molar-refractivity contribution >= 4 is 16.8 Å². The van der Waals surface area contributed by atoms with Crippen LogP contribution in [0.5, 0.6) is 0 Å². The van der Waals surface area contributed by atoms with Crippen molar-refractivity contribution in [2.45, 2.75) is 44.7 Å². The number of piperidine rings is 1. The molecule has 0 spiro atoms. The Morgan fingerprint density at radius 2 is 2.24 bits per heavy atom. The lowest BCUT2D eigenvalue weighted by molar-refractivity contribution is -0.122. The first-order chi connectivity index (χ1) is 10.2. The van der Waals surface area contributed by atoms with Gasteiger partial charge < -0.3 is 15.6 Å². The highest BCUT2D eigenvalue weighted by atomic mass is 16.1. The van der Waals surface area contributed by atoms with Crippen molar-refractivity contribution in [3.63, 3.8) is 0 Å². The van der Waals surface area contributed by atoms with Crippen molar-refractivity contribution in [3.05, 3.63) is 36.0 Å². The molecule has 21 heavy (non-hydrogen) atoms. The van der Waals surface area contributed by atoms with Gasteiger partial charge in [-0.15, -0.1) is 0 Å². The maximum absolute atomic E-state index is 12.1. The Hall–Kier alpha value is -1.81. The molecule has 1 aromatic heterocycles. The first-order valence-electron chi connectivity index (χ1n) is 7.80. The SMILES string of the molecule is CC1CC(NC(=O)CCc2c[nH]c3ccccc23)CCN1. The lowest BCUT2D eigenvalue weighted by Crippen LogP contribution is -2.46. The molecule has 2 aromatic rings. The molecule has 2 unspecified atom stereocenters. The van der Waals surface area contributed by atoms with Crippen molar-refractivity contribution in [2.75, 3.05) is 6.54 Å². The van der Waals surface area contributed by atoms with Gasteiger partial charge in [0.15, 0.2) is 0 Å². The van der Waals surface area contributed by atoms with E-state index in [2.05, 4.69) is 34.7 Å². The zero-order chi connectivity index (χ0) is 14.7. The molecule has 1 aromatic carbocycles. The third-order valence-corrected chi connectivity index (χ3v) is 4.29. The summed E-state index contributed by atoms with van der Waals surface area (Å²) in [6, 6.07) is 9.06. The van der Waals surface area contributed by atoms with Gasteiger partial charge in [0, 0.05) is 35.6 Å². The van der Waals surface area contributed by atoms with Crippen LogP contribution in [0.3, 0.4) is 0 Å². The van der Waals surface area contributed by atoms with Crippen LogP contribution in [0.15, 0.2) is 30.5 Å². The Kier molecular flexibility index (Phi) is 4.25. The summed E-state index contributed by atoms with van der Waals surface area (Å²) in [6.45, 7) is 3.17. The van der Waals surface area contributed by atoms with Crippen molar-refractivity contribution in [3.8, 4) is 0 Å². The monoisotopic (exact) mass is 285 g/mol. The molecule has 0 saturated carbocycles. The maximum atomic E-state index is 12.1. The minimum Gasteiger partial charge on any atom is -0.361 e. The van der Waals surface area contributed by atoms with Gasteiger partial charge in [-0.25, -0.2) is 0 Å². The topological polar surface area (TPSA) is 56.9 Å². The Morgan fingerprint density at radius 1 is 1.38 bits per heavy atom. The van der Waals surface area contributed by atoms with E-state index in [1.165, 1.54) is 10.9 Å². The molecule has 1 saturated heterocycles. The molecule has 112 valence electrons. The number of aryl methyl sites for hydroxylation is 1. The highest BCUT2D eigenvalue weighted by Crippen LogP contribution is 2.19. The number of carbonyl (C=O) groups is 1. The summed E-state index contributed by atoms with van der Waals surface area (Å²) in [5.74, 6) is 0.166. The Balaban J connectivity index is 1.54. The molecule has 4 nitrogen and oxygen atoms in total. The average Bonchev–Trinajstić information content (AvgIpc) is 2.88. The zero-order valence-corrected chi connectivity index (χ0v) is 12.5. The number of fused-ring (bicyclic) bond motifs is 1. The summed E-state index contributed by atoms with van der Waals surface area (Å²) >= 11 is 0. The van der Waals surface area contributed by atoms with E-state index in [9.17, 15) is 4.79 Å². The van der Waals surface area contributed by atoms with Gasteiger partial charge in [0.2, 0.25) is 5.91 Å². The summed E-state index contributed by atoms with van der Waals surface area (Å²) in [5.41, 5.74) is 2.36. The van der Waals surface area contributed by atoms with Gasteiger partial charge in [0.05, 0.1) is 0 Å². The summed E-state index contributed by atoms with van der Waals surface area (Å²) < 4.78 is 0. The number of rotatable bonds is 4. The highest BCUT2D eigenvalue weighted by molar-refractivity contribution is 5.84. The number of H-pyrrole nitrogens is 1. The van der Waals surface area contributed by atoms with Crippen LogP contribution in [0.2, 0.25) is 0 Å². The average molecular weight is 285 g/mol. The fourth-order valence-corrected chi connectivity index (χ4v) is 3.15. The Bertz CT molecular complexity index is 619. The molecule has 3 N–H and O–H groups in total. The standard InChI is InChI=1S/C17H23N3O/c1-12-10-14(8-9-18-12)20-17(21)7-6-13-11-19-16-5-3-2-4-15(13)16/h2-5,11-12,14,18-19H,6-10H2,1H3,(H,20,21). The minimum absolute atomic E-state index is 0.166. The predicted octanol–water partition coefficient (Wildman–Crippen LogP) is 2.36. The van der Waals surface area contributed by atoms with E-state index >= 15 is 0 Å². The van der Waals surface area contributed by atoms with Gasteiger partial charge in [0.25, 0.3) is 0 Å². The van der Waals surface area contributed by atoms with E-state index < -0.39 is 0 Å². The summed E-state index contributed by atoms with van der Waals surface area (Å²) in [5, 5.41) is 7.80. The molecule has 1 amide bonds. The van der Waals surface area contributed by atoms with E-state index in [1.807, 2.05) is 18.3 Å². The molecule has 3 rings (SSSR count). The van der Waals surface area contributed by atoms with Crippen LogP contribution in [-0.4, -0.2) is 29.5 Å². The van der Waals surface area contributed by atoms with Crippen molar-refractivity contribution < 1.29 is 4.79 Å². The molecule has 0 aliphatic carbocycles. The van der Waals surface area contributed by atoms with E-state index in [0.29, 0.717) is 18.5 Å². The quantitative estimate of drug-likeness (QED) is 0.807.